The molecular formula is C15H18O5. The highest BCUT2D eigenvalue weighted by Gasteiger charge is 2.25. The van der Waals surface area contributed by atoms with Gasteiger partial charge in [-0.15, -0.1) is 0 Å². The summed E-state index contributed by atoms with van der Waals surface area (Å²) in [4.78, 5) is 22.8. The fourth-order valence-corrected chi connectivity index (χ4v) is 2.16. The van der Waals surface area contributed by atoms with Crippen molar-refractivity contribution in [3.05, 3.63) is 39.9 Å². The summed E-state index contributed by atoms with van der Waals surface area (Å²) in [6.45, 7) is 8.21. The number of carboxylic acid groups (broad SMARTS) is 2. The Bertz CT molecular complexity index is 625. The zero-order valence-corrected chi connectivity index (χ0v) is 12.2. The molecular weight excluding hydrogens is 260 g/mol. The Labute approximate surface area is 117 Å². The number of carbonyl (C=O) groups is 2. The van der Waals surface area contributed by atoms with Gasteiger partial charge in [-0.1, -0.05) is 5.57 Å². The zero-order valence-electron chi connectivity index (χ0n) is 12.2. The molecule has 0 aliphatic carbocycles. The van der Waals surface area contributed by atoms with E-state index in [-0.39, 0.29) is 11.1 Å². The molecule has 0 saturated heterocycles. The molecule has 5 nitrogen and oxygen atoms in total. The van der Waals surface area contributed by atoms with E-state index in [0.717, 1.165) is 0 Å². The summed E-state index contributed by atoms with van der Waals surface area (Å²) in [5.41, 5.74) is 1.03. The van der Waals surface area contributed by atoms with Crippen LogP contribution in [0.5, 0.6) is 0 Å². The minimum Gasteiger partial charge on any atom is -0.478 e. The van der Waals surface area contributed by atoms with Gasteiger partial charge in [0.2, 0.25) is 0 Å². The lowest BCUT2D eigenvalue weighted by molar-refractivity contribution is -0.136. The van der Waals surface area contributed by atoms with Crippen molar-refractivity contribution < 1.29 is 24.2 Å². The molecule has 0 unspecified atom stereocenters. The van der Waals surface area contributed by atoms with Gasteiger partial charge in [0.05, 0.1) is 11.1 Å². The van der Waals surface area contributed by atoms with Crippen LogP contribution in [0.15, 0.2) is 27.2 Å². The highest BCUT2D eigenvalue weighted by Crippen LogP contribution is 2.29. The van der Waals surface area contributed by atoms with Crippen molar-refractivity contribution in [3.8, 4) is 0 Å². The molecule has 0 aliphatic heterocycles. The number of aryl methyl sites for hydroxylation is 2. The zero-order chi connectivity index (χ0) is 15.6. The van der Waals surface area contributed by atoms with Gasteiger partial charge in [0.15, 0.2) is 0 Å². The summed E-state index contributed by atoms with van der Waals surface area (Å²) in [6.07, 6.45) is 0. The van der Waals surface area contributed by atoms with Crippen molar-refractivity contribution in [2.24, 2.45) is 0 Å². The maximum absolute atomic E-state index is 11.5. The summed E-state index contributed by atoms with van der Waals surface area (Å²) in [5, 5.41) is 18.6. The van der Waals surface area contributed by atoms with Gasteiger partial charge in [-0.3, -0.25) is 0 Å². The minimum absolute atomic E-state index is 0.187. The first-order valence-corrected chi connectivity index (χ1v) is 6.09. The van der Waals surface area contributed by atoms with Gasteiger partial charge < -0.3 is 14.6 Å². The van der Waals surface area contributed by atoms with Gasteiger partial charge in [0, 0.05) is 5.56 Å². The summed E-state index contributed by atoms with van der Waals surface area (Å²) in [6, 6.07) is 1.71. The fourth-order valence-electron chi connectivity index (χ4n) is 2.16. The van der Waals surface area contributed by atoms with E-state index in [1.54, 1.807) is 40.7 Å². The molecule has 0 bridgehead atoms. The first kappa shape index (κ1) is 15.8. The maximum Gasteiger partial charge on any atom is 0.336 e. The van der Waals surface area contributed by atoms with Crippen LogP contribution in [0.1, 0.15) is 37.9 Å². The quantitative estimate of drug-likeness (QED) is 0.652. The minimum atomic E-state index is -1.26. The van der Waals surface area contributed by atoms with Crippen molar-refractivity contribution in [2.45, 2.75) is 34.6 Å². The van der Waals surface area contributed by atoms with E-state index in [2.05, 4.69) is 0 Å². The van der Waals surface area contributed by atoms with E-state index in [0.29, 0.717) is 28.2 Å². The third-order valence-corrected chi connectivity index (χ3v) is 3.00. The van der Waals surface area contributed by atoms with E-state index in [1.807, 2.05) is 0 Å². The Morgan fingerprint density at radius 3 is 1.80 bits per heavy atom. The van der Waals surface area contributed by atoms with Crippen LogP contribution < -0.4 is 0 Å². The SMILES string of the molecule is CC(C)=C(C(=O)O)/C(C(=O)O)=C(/C)c1cc(C)oc1C. The van der Waals surface area contributed by atoms with Gasteiger partial charge in [0.1, 0.15) is 11.5 Å². The van der Waals surface area contributed by atoms with E-state index in [4.69, 9.17) is 4.42 Å². The van der Waals surface area contributed by atoms with Crippen LogP contribution in [0.4, 0.5) is 0 Å². The maximum atomic E-state index is 11.5. The van der Waals surface area contributed by atoms with Crippen molar-refractivity contribution in [3.63, 3.8) is 0 Å². The smallest absolute Gasteiger partial charge is 0.336 e. The van der Waals surface area contributed by atoms with E-state index >= 15 is 0 Å². The summed E-state index contributed by atoms with van der Waals surface area (Å²) >= 11 is 0. The predicted molar refractivity (Wildman–Crippen MR) is 74.4 cm³/mol. The first-order chi connectivity index (χ1) is 9.16. The predicted octanol–water partition coefficient (Wildman–Crippen LogP) is 3.18. The van der Waals surface area contributed by atoms with Crippen molar-refractivity contribution >= 4 is 17.5 Å². The average molecular weight is 278 g/mol. The first-order valence-electron chi connectivity index (χ1n) is 6.09. The summed E-state index contributed by atoms with van der Waals surface area (Å²) in [5.74, 6) is -1.30. The Morgan fingerprint density at radius 1 is 1.00 bits per heavy atom. The number of aliphatic carboxylic acids is 2. The van der Waals surface area contributed by atoms with Crippen LogP contribution in [-0.2, 0) is 9.59 Å². The summed E-state index contributed by atoms with van der Waals surface area (Å²) in [7, 11) is 0. The van der Waals surface area contributed by atoms with Crippen LogP contribution in [0.2, 0.25) is 0 Å². The van der Waals surface area contributed by atoms with Crippen molar-refractivity contribution in [1.29, 1.82) is 0 Å². The highest BCUT2D eigenvalue weighted by atomic mass is 16.4. The molecule has 20 heavy (non-hydrogen) atoms. The molecule has 1 aromatic rings. The normalized spacial score (nSPS) is 11.8. The van der Waals surface area contributed by atoms with E-state index in [1.165, 1.54) is 0 Å². The van der Waals surface area contributed by atoms with Gasteiger partial charge in [-0.2, -0.15) is 0 Å². The molecule has 0 aliphatic rings. The van der Waals surface area contributed by atoms with Crippen LogP contribution in [0.25, 0.3) is 5.57 Å². The van der Waals surface area contributed by atoms with Crippen LogP contribution in [0.3, 0.4) is 0 Å². The largest absolute Gasteiger partial charge is 0.478 e. The Balaban J connectivity index is 3.66. The van der Waals surface area contributed by atoms with Gasteiger partial charge in [0.25, 0.3) is 0 Å². The third-order valence-electron chi connectivity index (χ3n) is 3.00. The topological polar surface area (TPSA) is 87.7 Å². The van der Waals surface area contributed by atoms with E-state index < -0.39 is 11.9 Å². The number of hydrogen-bond donors (Lipinski definition) is 2. The number of furan rings is 1. The highest BCUT2D eigenvalue weighted by molar-refractivity contribution is 6.11. The number of hydrogen-bond acceptors (Lipinski definition) is 3. The molecule has 1 rings (SSSR count). The Hall–Kier alpha value is -2.30. The molecule has 1 heterocycles. The number of rotatable bonds is 4. The van der Waals surface area contributed by atoms with Gasteiger partial charge >= 0.3 is 11.9 Å². The molecule has 1 aromatic heterocycles. The standard InChI is InChI=1S/C15H18O5/c1-7(2)12(14(16)17)13(15(18)19)9(4)11-6-8(3)20-10(11)5/h6H,1-5H3,(H,16,17)(H,18,19)/b13-9+. The van der Waals surface area contributed by atoms with Gasteiger partial charge in [-0.25, -0.2) is 9.59 Å². The summed E-state index contributed by atoms with van der Waals surface area (Å²) < 4.78 is 5.38. The monoisotopic (exact) mass is 278 g/mol. The van der Waals surface area contributed by atoms with Crippen molar-refractivity contribution in [2.75, 3.05) is 0 Å². The molecule has 0 amide bonds. The van der Waals surface area contributed by atoms with Crippen LogP contribution >= 0.6 is 0 Å². The molecule has 2 N–H and O–H groups in total. The molecule has 5 heteroatoms. The number of carboxylic acids is 2. The molecule has 0 fully saturated rings. The van der Waals surface area contributed by atoms with Crippen LogP contribution in [-0.4, -0.2) is 22.2 Å². The van der Waals surface area contributed by atoms with Crippen LogP contribution in [0, 0.1) is 13.8 Å². The average Bonchev–Trinajstić information content (AvgIpc) is 2.62. The van der Waals surface area contributed by atoms with E-state index in [9.17, 15) is 19.8 Å². The molecule has 0 atom stereocenters. The van der Waals surface area contributed by atoms with Gasteiger partial charge in [-0.05, 0) is 46.3 Å². The third kappa shape index (κ3) is 2.99. The molecule has 0 aromatic carbocycles. The number of allylic oxidation sites excluding steroid dienone is 2. The fraction of sp³-hybridized carbons (Fsp3) is 0.333. The van der Waals surface area contributed by atoms with Crippen molar-refractivity contribution in [1.82, 2.24) is 0 Å². The second kappa shape index (κ2) is 5.77. The molecule has 0 saturated carbocycles. The Morgan fingerprint density at radius 2 is 1.50 bits per heavy atom. The molecule has 108 valence electrons. The second-order valence-electron chi connectivity index (χ2n) is 4.81. The Kier molecular flexibility index (Phi) is 4.55. The molecule has 0 spiro atoms. The lowest BCUT2D eigenvalue weighted by Gasteiger charge is -2.10. The second-order valence-corrected chi connectivity index (χ2v) is 4.81. The lowest BCUT2D eigenvalue weighted by atomic mass is 9.93. The lowest BCUT2D eigenvalue weighted by Crippen LogP contribution is -2.14. The molecule has 0 radical (unpaired) electrons.